The van der Waals surface area contributed by atoms with E-state index in [0.29, 0.717) is 12.2 Å². The van der Waals surface area contributed by atoms with E-state index in [9.17, 15) is 4.79 Å². The van der Waals surface area contributed by atoms with Crippen LogP contribution in [0.5, 0.6) is 0 Å². The van der Waals surface area contributed by atoms with Crippen LogP contribution in [-0.2, 0) is 11.2 Å². The maximum Gasteiger partial charge on any atom is 0.321 e. The van der Waals surface area contributed by atoms with Gasteiger partial charge in [-0.25, -0.2) is 0 Å². The van der Waals surface area contributed by atoms with Crippen molar-refractivity contribution >= 4 is 5.97 Å². The summed E-state index contributed by atoms with van der Waals surface area (Å²) in [4.78, 5) is 10.6. The van der Waals surface area contributed by atoms with Crippen molar-refractivity contribution in [1.29, 1.82) is 0 Å². The van der Waals surface area contributed by atoms with E-state index < -0.39 is 12.0 Å². The van der Waals surface area contributed by atoms with Crippen LogP contribution in [-0.4, -0.2) is 24.2 Å². The highest BCUT2D eigenvalue weighted by molar-refractivity contribution is 5.73. The lowest BCUT2D eigenvalue weighted by Gasteiger charge is -2.07. The molecule has 0 radical (unpaired) electrons. The molecule has 0 fully saturated rings. The fourth-order valence-corrected chi connectivity index (χ4v) is 0.943. The van der Waals surface area contributed by atoms with Gasteiger partial charge in [-0.3, -0.25) is 4.79 Å². The third-order valence-electron chi connectivity index (χ3n) is 1.63. The van der Waals surface area contributed by atoms with E-state index in [1.165, 1.54) is 12.7 Å². The Kier molecular flexibility index (Phi) is 7.36. The van der Waals surface area contributed by atoms with Gasteiger partial charge in [0.1, 0.15) is 11.8 Å². The molecule has 0 aromatic carbocycles. The fraction of sp³-hybridized carbons (Fsp3) is 0.545. The molecule has 1 aromatic heterocycles. The van der Waals surface area contributed by atoms with Crippen LogP contribution in [0.1, 0.15) is 26.0 Å². The largest absolute Gasteiger partial charge is 0.480 e. The molecule has 0 aliphatic heterocycles. The van der Waals surface area contributed by atoms with Crippen molar-refractivity contribution < 1.29 is 14.3 Å². The van der Waals surface area contributed by atoms with E-state index >= 15 is 0 Å². The summed E-state index contributed by atoms with van der Waals surface area (Å²) in [6.07, 6.45) is 3.16. The molecule has 1 rings (SSSR count). The van der Waals surface area contributed by atoms with Gasteiger partial charge in [0, 0.05) is 6.42 Å². The first-order chi connectivity index (χ1) is 7.15. The molecule has 1 heterocycles. The summed E-state index contributed by atoms with van der Waals surface area (Å²) >= 11 is 0. The minimum Gasteiger partial charge on any atom is -0.480 e. The van der Waals surface area contributed by atoms with Crippen LogP contribution in [0.4, 0.5) is 0 Å². The second-order valence-electron chi connectivity index (χ2n) is 3.17. The van der Waals surface area contributed by atoms with Gasteiger partial charge in [0.15, 0.2) is 0 Å². The normalized spacial score (nSPS) is 11.4. The maximum absolute atomic E-state index is 10.6. The average Bonchev–Trinajstić information content (AvgIpc) is 2.67. The van der Waals surface area contributed by atoms with Crippen LogP contribution in [0.15, 0.2) is 22.8 Å². The van der Waals surface area contributed by atoms with E-state index in [2.05, 4.69) is 19.2 Å². The lowest BCUT2D eigenvalue weighted by atomic mass is 10.2. The average molecular weight is 213 g/mol. The molecule has 15 heavy (non-hydrogen) atoms. The van der Waals surface area contributed by atoms with Gasteiger partial charge in [0.25, 0.3) is 0 Å². The molecule has 4 heteroatoms. The lowest BCUT2D eigenvalue weighted by molar-refractivity contribution is -0.139. The van der Waals surface area contributed by atoms with Gasteiger partial charge in [-0.1, -0.05) is 20.3 Å². The van der Waals surface area contributed by atoms with Crippen LogP contribution in [0.25, 0.3) is 0 Å². The summed E-state index contributed by atoms with van der Waals surface area (Å²) in [5, 5.41) is 11.3. The first kappa shape index (κ1) is 13.7. The topological polar surface area (TPSA) is 62.5 Å². The molecule has 0 saturated carbocycles. The second kappa shape index (κ2) is 8.05. The Bertz CT molecular complexity index is 257. The zero-order valence-electron chi connectivity index (χ0n) is 9.49. The summed E-state index contributed by atoms with van der Waals surface area (Å²) in [6, 6.07) is 2.92. The summed E-state index contributed by atoms with van der Waals surface area (Å²) < 4.78 is 5.01. The van der Waals surface area contributed by atoms with Crippen molar-refractivity contribution in [3.8, 4) is 0 Å². The lowest BCUT2D eigenvalue weighted by Crippen LogP contribution is -2.35. The highest BCUT2D eigenvalue weighted by atomic mass is 16.4. The first-order valence-corrected chi connectivity index (χ1v) is 5.08. The quantitative estimate of drug-likeness (QED) is 0.802. The zero-order valence-corrected chi connectivity index (χ0v) is 9.49. The van der Waals surface area contributed by atoms with E-state index in [1.807, 2.05) is 0 Å². The van der Waals surface area contributed by atoms with Gasteiger partial charge < -0.3 is 14.8 Å². The predicted octanol–water partition coefficient (Wildman–Crippen LogP) is 1.91. The van der Waals surface area contributed by atoms with Gasteiger partial charge in [0.05, 0.1) is 6.26 Å². The summed E-state index contributed by atoms with van der Waals surface area (Å²) in [5.41, 5.74) is 0. The number of likely N-dealkylation sites (N-methyl/N-ethyl adjacent to an activating group) is 1. The molecule has 4 nitrogen and oxygen atoms in total. The third kappa shape index (κ3) is 5.91. The van der Waals surface area contributed by atoms with Crippen molar-refractivity contribution in [1.82, 2.24) is 5.32 Å². The van der Waals surface area contributed by atoms with E-state index in [-0.39, 0.29) is 0 Å². The minimum atomic E-state index is -0.867. The van der Waals surface area contributed by atoms with Gasteiger partial charge >= 0.3 is 5.97 Å². The number of hydrogen-bond acceptors (Lipinski definition) is 3. The predicted molar refractivity (Wildman–Crippen MR) is 58.9 cm³/mol. The van der Waals surface area contributed by atoms with E-state index in [4.69, 9.17) is 9.52 Å². The number of rotatable bonds is 4. The standard InChI is InChI=1S/C8H11NO3.C3H8/c1-9-7(8(10)11)5-6-3-2-4-12-6;1-3-2/h2-4,7,9H,5H2,1H3,(H,10,11);3H2,1-2H3. The molecule has 0 aliphatic carbocycles. The third-order valence-corrected chi connectivity index (χ3v) is 1.63. The molecule has 2 N–H and O–H groups in total. The molecule has 0 spiro atoms. The highest BCUT2D eigenvalue weighted by Crippen LogP contribution is 2.03. The maximum atomic E-state index is 10.6. The second-order valence-corrected chi connectivity index (χ2v) is 3.17. The van der Waals surface area contributed by atoms with Crippen molar-refractivity contribution in [2.45, 2.75) is 32.7 Å². The molecule has 1 atom stereocenters. The highest BCUT2D eigenvalue weighted by Gasteiger charge is 2.16. The Morgan fingerprint density at radius 1 is 1.60 bits per heavy atom. The van der Waals surface area contributed by atoms with Crippen LogP contribution in [0.3, 0.4) is 0 Å². The van der Waals surface area contributed by atoms with Gasteiger partial charge in [-0.05, 0) is 19.2 Å². The van der Waals surface area contributed by atoms with E-state index in [1.54, 1.807) is 19.2 Å². The molecule has 0 saturated heterocycles. The van der Waals surface area contributed by atoms with Gasteiger partial charge in [0.2, 0.25) is 0 Å². The van der Waals surface area contributed by atoms with Gasteiger partial charge in [-0.2, -0.15) is 0 Å². The minimum absolute atomic E-state index is 0.374. The molecule has 86 valence electrons. The van der Waals surface area contributed by atoms with Crippen molar-refractivity contribution in [3.05, 3.63) is 24.2 Å². The van der Waals surface area contributed by atoms with Crippen LogP contribution in [0.2, 0.25) is 0 Å². The summed E-state index contributed by atoms with van der Waals surface area (Å²) in [6.45, 7) is 4.25. The number of carbonyl (C=O) groups is 1. The van der Waals surface area contributed by atoms with Crippen LogP contribution in [0, 0.1) is 0 Å². The van der Waals surface area contributed by atoms with Crippen molar-refractivity contribution in [3.63, 3.8) is 0 Å². The SMILES string of the molecule is CCC.CNC(Cc1ccco1)C(=O)O. The number of carboxylic acid groups (broad SMARTS) is 1. The molecule has 0 bridgehead atoms. The molecule has 1 unspecified atom stereocenters. The molecular formula is C11H19NO3. The fourth-order valence-electron chi connectivity index (χ4n) is 0.943. The Balaban J connectivity index is 0.000000583. The number of furan rings is 1. The Morgan fingerprint density at radius 2 is 2.20 bits per heavy atom. The summed E-state index contributed by atoms with van der Waals surface area (Å²) in [5.74, 6) is -0.189. The number of aliphatic carboxylic acids is 1. The summed E-state index contributed by atoms with van der Waals surface area (Å²) in [7, 11) is 1.61. The number of hydrogen-bond donors (Lipinski definition) is 2. The Hall–Kier alpha value is -1.29. The molecule has 1 aromatic rings. The van der Waals surface area contributed by atoms with E-state index in [0.717, 1.165) is 0 Å². The number of carboxylic acids is 1. The zero-order chi connectivity index (χ0) is 11.7. The molecular weight excluding hydrogens is 194 g/mol. The molecule has 0 aliphatic rings. The van der Waals surface area contributed by atoms with Crippen LogP contribution >= 0.6 is 0 Å². The van der Waals surface area contributed by atoms with Crippen molar-refractivity contribution in [2.24, 2.45) is 0 Å². The smallest absolute Gasteiger partial charge is 0.321 e. The van der Waals surface area contributed by atoms with Crippen LogP contribution < -0.4 is 5.32 Å². The first-order valence-electron chi connectivity index (χ1n) is 5.08. The monoisotopic (exact) mass is 213 g/mol. The Morgan fingerprint density at radius 3 is 2.53 bits per heavy atom. The van der Waals surface area contributed by atoms with Crippen molar-refractivity contribution in [2.75, 3.05) is 7.05 Å². The molecule has 0 amide bonds. The van der Waals surface area contributed by atoms with Gasteiger partial charge in [-0.15, -0.1) is 0 Å². The Labute approximate surface area is 90.3 Å². The number of nitrogens with one attached hydrogen (secondary N) is 1.